The summed E-state index contributed by atoms with van der Waals surface area (Å²) in [5.74, 6) is -6.09. The van der Waals surface area contributed by atoms with Gasteiger partial charge in [-0.1, -0.05) is 42.3 Å². The number of hydrogen-bond acceptors (Lipinski definition) is 7. The lowest BCUT2D eigenvalue weighted by Gasteiger charge is -2.49. The van der Waals surface area contributed by atoms with Gasteiger partial charge < -0.3 is 14.6 Å². The number of hydrogen-bond donors (Lipinski definition) is 1. The number of ether oxygens (including phenoxy) is 2. The molecule has 2 heterocycles. The van der Waals surface area contributed by atoms with Crippen molar-refractivity contribution in [1.82, 2.24) is 0 Å². The van der Waals surface area contributed by atoms with Gasteiger partial charge in [0.15, 0.2) is 0 Å². The molecule has 1 N–H and O–H groups in total. The highest BCUT2D eigenvalue weighted by atomic mass is 35.5. The molecule has 3 aromatic carbocycles. The molecule has 7 rings (SSSR count). The lowest BCUT2D eigenvalue weighted by Crippen LogP contribution is -2.49. The normalized spacial score (nSPS) is 27.9. The topological polar surface area (TPSA) is 113 Å². The largest absolute Gasteiger partial charge is 0.507 e. The van der Waals surface area contributed by atoms with Crippen molar-refractivity contribution in [3.63, 3.8) is 0 Å². The molecule has 2 saturated heterocycles. The van der Waals surface area contributed by atoms with Gasteiger partial charge in [0.1, 0.15) is 23.1 Å². The molecule has 4 aliphatic rings. The molecule has 2 aliphatic carbocycles. The van der Waals surface area contributed by atoms with Crippen molar-refractivity contribution in [2.24, 2.45) is 29.1 Å². The lowest BCUT2D eigenvalue weighted by molar-refractivity contribution is -0.131. The Morgan fingerprint density at radius 2 is 1.62 bits per heavy atom. The molecule has 0 radical (unpaired) electrons. The molecular formula is C37H34ClFN2O7. The number of aromatic hydroxyl groups is 1. The van der Waals surface area contributed by atoms with E-state index >= 15 is 0 Å². The number of anilines is 2. The first-order valence-corrected chi connectivity index (χ1v) is 16.3. The monoisotopic (exact) mass is 672 g/mol. The van der Waals surface area contributed by atoms with Gasteiger partial charge in [-0.3, -0.25) is 24.1 Å². The standard InChI is InChI=1S/C37H34ClFN2O7/c1-5-18-6-8-19(9-7-18)40-33(43)23-12-11-22-24(30(23)35(40)45)17-25-34(44)41(20-10-13-27(39)26(38)14-20)36(46)37(25,2)32(22)31-28(42)15-21(47-3)16-29(31)48-4/h6-11,13-16,23-25,30,32,42H,5,12,17H2,1-4H3/t23-,24+,25-,30-,32+,37+/m0/s1. The van der Waals surface area contributed by atoms with Crippen molar-refractivity contribution in [1.29, 1.82) is 0 Å². The zero-order valence-corrected chi connectivity index (χ0v) is 27.6. The quantitative estimate of drug-likeness (QED) is 0.245. The Bertz CT molecular complexity index is 1930. The molecule has 0 aromatic heterocycles. The number of imide groups is 2. The molecule has 48 heavy (non-hydrogen) atoms. The summed E-state index contributed by atoms with van der Waals surface area (Å²) in [6, 6.07) is 14.0. The average molecular weight is 673 g/mol. The Labute approximate surface area is 281 Å². The first-order chi connectivity index (χ1) is 23.0. The van der Waals surface area contributed by atoms with E-state index in [0.717, 1.165) is 23.0 Å². The second-order valence-corrected chi connectivity index (χ2v) is 13.5. The van der Waals surface area contributed by atoms with Crippen LogP contribution in [0.25, 0.3) is 0 Å². The second-order valence-electron chi connectivity index (χ2n) is 13.1. The summed E-state index contributed by atoms with van der Waals surface area (Å²) < 4.78 is 25.3. The molecule has 6 atom stereocenters. The van der Waals surface area contributed by atoms with Crippen molar-refractivity contribution in [3.8, 4) is 17.2 Å². The molecule has 0 unspecified atom stereocenters. The first kappa shape index (κ1) is 31.9. The minimum Gasteiger partial charge on any atom is -0.507 e. The zero-order valence-electron chi connectivity index (χ0n) is 26.8. The molecular weight excluding hydrogens is 639 g/mol. The number of rotatable bonds is 6. The molecule has 0 bridgehead atoms. The number of halogens is 2. The van der Waals surface area contributed by atoms with Crippen LogP contribution in [0.5, 0.6) is 17.2 Å². The highest BCUT2D eigenvalue weighted by Gasteiger charge is 2.68. The van der Waals surface area contributed by atoms with Gasteiger partial charge in [0.2, 0.25) is 23.6 Å². The van der Waals surface area contributed by atoms with Crippen LogP contribution in [-0.2, 0) is 25.6 Å². The Balaban J connectivity index is 1.40. The minimum absolute atomic E-state index is 0.108. The fourth-order valence-electron chi connectivity index (χ4n) is 8.49. The van der Waals surface area contributed by atoms with E-state index in [-0.39, 0.29) is 52.4 Å². The van der Waals surface area contributed by atoms with Crippen LogP contribution >= 0.6 is 11.6 Å². The maximum absolute atomic E-state index is 14.7. The third kappa shape index (κ3) is 4.41. The molecule has 3 fully saturated rings. The predicted molar refractivity (Wildman–Crippen MR) is 176 cm³/mol. The van der Waals surface area contributed by atoms with Gasteiger partial charge >= 0.3 is 0 Å². The molecule has 0 spiro atoms. The van der Waals surface area contributed by atoms with Crippen molar-refractivity contribution in [3.05, 3.63) is 88.2 Å². The molecule has 9 nitrogen and oxygen atoms in total. The number of allylic oxidation sites excluding steroid dienone is 2. The summed E-state index contributed by atoms with van der Waals surface area (Å²) in [5, 5.41) is 11.3. The van der Waals surface area contributed by atoms with Crippen molar-refractivity contribution in [2.45, 2.75) is 39.0 Å². The highest BCUT2D eigenvalue weighted by Crippen LogP contribution is 2.65. The molecule has 2 aliphatic heterocycles. The van der Waals surface area contributed by atoms with Crippen molar-refractivity contribution in [2.75, 3.05) is 24.0 Å². The average Bonchev–Trinajstić information content (AvgIpc) is 3.45. The molecule has 248 valence electrons. The van der Waals surface area contributed by atoms with Crippen LogP contribution in [0.15, 0.2) is 66.2 Å². The van der Waals surface area contributed by atoms with Crippen LogP contribution in [0.4, 0.5) is 15.8 Å². The van der Waals surface area contributed by atoms with Crippen molar-refractivity contribution < 1.29 is 38.1 Å². The van der Waals surface area contributed by atoms with E-state index in [1.807, 2.05) is 25.1 Å². The van der Waals surface area contributed by atoms with Gasteiger partial charge in [0.05, 0.1) is 53.8 Å². The number of fused-ring (bicyclic) bond motifs is 4. The van der Waals surface area contributed by atoms with Crippen LogP contribution in [0.2, 0.25) is 5.02 Å². The zero-order chi connectivity index (χ0) is 34.2. The number of aryl methyl sites for hydroxylation is 1. The van der Waals surface area contributed by atoms with E-state index in [9.17, 15) is 28.7 Å². The Kier molecular flexibility index (Phi) is 7.62. The van der Waals surface area contributed by atoms with Gasteiger partial charge in [-0.15, -0.1) is 0 Å². The summed E-state index contributed by atoms with van der Waals surface area (Å²) >= 11 is 6.09. The van der Waals surface area contributed by atoms with Crippen LogP contribution < -0.4 is 19.3 Å². The molecule has 11 heteroatoms. The number of carbonyl (C=O) groups excluding carboxylic acids is 4. The number of methoxy groups -OCH3 is 2. The molecule has 1 saturated carbocycles. The Hall–Kier alpha value is -4.70. The summed E-state index contributed by atoms with van der Waals surface area (Å²) in [4.78, 5) is 59.5. The minimum atomic E-state index is -1.46. The maximum Gasteiger partial charge on any atom is 0.241 e. The maximum atomic E-state index is 14.7. The third-order valence-corrected chi connectivity index (χ3v) is 11.2. The number of benzene rings is 3. The van der Waals surface area contributed by atoms with Crippen LogP contribution in [0, 0.1) is 34.9 Å². The SMILES string of the molecule is CCc1ccc(N2C(=O)[C@H]3[C@H](CC=C4[C@H]3C[C@H]3C(=O)N(c5ccc(F)c(Cl)c5)C(=O)[C@@]3(C)[C@H]4c3c(O)cc(OC)cc3OC)C2=O)cc1. The van der Waals surface area contributed by atoms with Crippen molar-refractivity contribution >= 4 is 46.6 Å². The van der Waals surface area contributed by atoms with E-state index in [4.69, 9.17) is 21.1 Å². The number of carbonyl (C=O) groups is 4. The van der Waals surface area contributed by atoms with Gasteiger partial charge in [-0.25, -0.2) is 9.29 Å². The predicted octanol–water partition coefficient (Wildman–Crippen LogP) is 6.20. The van der Waals surface area contributed by atoms with E-state index in [1.165, 1.54) is 37.3 Å². The lowest BCUT2D eigenvalue weighted by atomic mass is 9.51. The van der Waals surface area contributed by atoms with Crippen LogP contribution in [-0.4, -0.2) is 43.0 Å². The Morgan fingerprint density at radius 3 is 2.27 bits per heavy atom. The van der Waals surface area contributed by atoms with E-state index in [0.29, 0.717) is 17.0 Å². The number of amides is 4. The fraction of sp³-hybridized carbons (Fsp3) is 0.351. The number of nitrogens with zero attached hydrogens (tertiary/aromatic N) is 2. The van der Waals surface area contributed by atoms with E-state index in [2.05, 4.69) is 0 Å². The van der Waals surface area contributed by atoms with Crippen LogP contribution in [0.3, 0.4) is 0 Å². The summed E-state index contributed by atoms with van der Waals surface area (Å²) in [6.45, 7) is 3.70. The van der Waals surface area contributed by atoms with Gasteiger partial charge in [-0.05, 0) is 68.0 Å². The van der Waals surface area contributed by atoms with E-state index < -0.39 is 52.6 Å². The number of phenols is 1. The molecule has 4 amide bonds. The first-order valence-electron chi connectivity index (χ1n) is 15.9. The summed E-state index contributed by atoms with van der Waals surface area (Å²) in [7, 11) is 2.87. The third-order valence-electron chi connectivity index (χ3n) is 10.9. The smallest absolute Gasteiger partial charge is 0.241 e. The second kappa shape index (κ2) is 11.5. The van der Waals surface area contributed by atoms with Crippen LogP contribution in [0.1, 0.15) is 43.7 Å². The van der Waals surface area contributed by atoms with Gasteiger partial charge in [0.25, 0.3) is 0 Å². The summed E-state index contributed by atoms with van der Waals surface area (Å²) in [5.41, 5.74) is 1.14. The van der Waals surface area contributed by atoms with E-state index in [1.54, 1.807) is 25.1 Å². The van der Waals surface area contributed by atoms with Gasteiger partial charge in [-0.2, -0.15) is 0 Å². The fourth-order valence-corrected chi connectivity index (χ4v) is 8.67. The Morgan fingerprint density at radius 1 is 0.917 bits per heavy atom. The highest BCUT2D eigenvalue weighted by molar-refractivity contribution is 6.32. The summed E-state index contributed by atoms with van der Waals surface area (Å²) in [6.07, 6.45) is 3.04. The van der Waals surface area contributed by atoms with Gasteiger partial charge in [0, 0.05) is 23.6 Å². The number of phenolic OH excluding ortho intramolecular Hbond substituents is 1. The molecule has 3 aromatic rings.